The second-order valence-corrected chi connectivity index (χ2v) is 9.67. The fourth-order valence-electron chi connectivity index (χ4n) is 2.09. The Labute approximate surface area is 175 Å². The van der Waals surface area contributed by atoms with Gasteiger partial charge in [-0.1, -0.05) is 0 Å². The SMILES string of the molecule is CC(O)COc1ccc(S(=O)(=O)c2ccc(OCC(C)O)c(Br)c2)cc1Br. The molecule has 2 atom stereocenters. The summed E-state index contributed by atoms with van der Waals surface area (Å²) < 4.78 is 37.6. The summed E-state index contributed by atoms with van der Waals surface area (Å²) in [6.45, 7) is 3.40. The zero-order valence-electron chi connectivity index (χ0n) is 14.7. The van der Waals surface area contributed by atoms with Crippen LogP contribution in [0.25, 0.3) is 0 Å². The maximum absolute atomic E-state index is 12.9. The summed E-state index contributed by atoms with van der Waals surface area (Å²) in [7, 11) is -3.75. The fraction of sp³-hybridized carbons (Fsp3) is 0.333. The zero-order valence-corrected chi connectivity index (χ0v) is 18.7. The Morgan fingerprint density at radius 2 is 1.22 bits per heavy atom. The van der Waals surface area contributed by atoms with Gasteiger partial charge in [-0.15, -0.1) is 0 Å². The van der Waals surface area contributed by atoms with Crippen molar-refractivity contribution in [1.29, 1.82) is 0 Å². The number of benzene rings is 2. The zero-order chi connectivity index (χ0) is 20.2. The molecule has 0 aliphatic carbocycles. The monoisotopic (exact) mass is 522 g/mol. The molecule has 0 amide bonds. The van der Waals surface area contributed by atoms with Crippen LogP contribution in [0.4, 0.5) is 0 Å². The highest BCUT2D eigenvalue weighted by molar-refractivity contribution is 9.10. The molecule has 0 fully saturated rings. The molecule has 0 aliphatic heterocycles. The van der Waals surface area contributed by atoms with Crippen LogP contribution in [0.5, 0.6) is 11.5 Å². The minimum Gasteiger partial charge on any atom is -0.490 e. The van der Waals surface area contributed by atoms with Gasteiger partial charge in [0.15, 0.2) is 0 Å². The van der Waals surface area contributed by atoms with Crippen LogP contribution in [0.2, 0.25) is 0 Å². The predicted molar refractivity (Wildman–Crippen MR) is 108 cm³/mol. The van der Waals surface area contributed by atoms with E-state index in [1.54, 1.807) is 13.8 Å². The highest BCUT2D eigenvalue weighted by Crippen LogP contribution is 2.33. The van der Waals surface area contributed by atoms with Crippen LogP contribution in [0.1, 0.15) is 13.8 Å². The fourth-order valence-corrected chi connectivity index (χ4v) is 4.69. The van der Waals surface area contributed by atoms with E-state index >= 15 is 0 Å². The molecule has 2 aromatic carbocycles. The molecule has 0 radical (unpaired) electrons. The maximum Gasteiger partial charge on any atom is 0.206 e. The van der Waals surface area contributed by atoms with Crippen molar-refractivity contribution in [3.8, 4) is 11.5 Å². The van der Waals surface area contributed by atoms with Crippen LogP contribution in [-0.4, -0.2) is 44.1 Å². The molecule has 0 bridgehead atoms. The molecule has 0 saturated carbocycles. The van der Waals surface area contributed by atoms with Crippen LogP contribution in [-0.2, 0) is 9.84 Å². The lowest BCUT2D eigenvalue weighted by atomic mass is 10.3. The van der Waals surface area contributed by atoms with Crippen molar-refractivity contribution in [2.24, 2.45) is 0 Å². The average Bonchev–Trinajstić information content (AvgIpc) is 2.59. The van der Waals surface area contributed by atoms with Crippen molar-refractivity contribution < 1.29 is 28.1 Å². The smallest absolute Gasteiger partial charge is 0.206 e. The van der Waals surface area contributed by atoms with Crippen LogP contribution in [0.15, 0.2) is 55.1 Å². The molecule has 27 heavy (non-hydrogen) atoms. The Bertz CT molecular complexity index is 829. The summed E-state index contributed by atoms with van der Waals surface area (Å²) in [5.74, 6) is 0.885. The predicted octanol–water partition coefficient (Wildman–Crippen LogP) is 3.56. The van der Waals surface area contributed by atoms with Gasteiger partial charge in [0.05, 0.1) is 30.9 Å². The van der Waals surface area contributed by atoms with E-state index in [1.807, 2.05) is 0 Å². The van der Waals surface area contributed by atoms with E-state index in [4.69, 9.17) is 9.47 Å². The number of aliphatic hydroxyl groups is 2. The van der Waals surface area contributed by atoms with Gasteiger partial charge in [-0.05, 0) is 82.1 Å². The van der Waals surface area contributed by atoms with Gasteiger partial charge in [0, 0.05) is 0 Å². The van der Waals surface area contributed by atoms with Crippen LogP contribution in [0, 0.1) is 0 Å². The summed E-state index contributed by atoms with van der Waals surface area (Å²) in [5, 5.41) is 18.6. The first-order valence-electron chi connectivity index (χ1n) is 8.07. The summed E-state index contributed by atoms with van der Waals surface area (Å²) in [5.41, 5.74) is 0. The molecule has 2 unspecified atom stereocenters. The van der Waals surface area contributed by atoms with Crippen LogP contribution in [0.3, 0.4) is 0 Å². The number of hydrogen-bond acceptors (Lipinski definition) is 6. The van der Waals surface area contributed by atoms with Gasteiger partial charge in [0.2, 0.25) is 9.84 Å². The summed E-state index contributed by atoms with van der Waals surface area (Å²) >= 11 is 6.60. The van der Waals surface area contributed by atoms with E-state index in [1.165, 1.54) is 36.4 Å². The second kappa shape index (κ2) is 9.38. The van der Waals surface area contributed by atoms with Crippen molar-refractivity contribution in [1.82, 2.24) is 0 Å². The number of halogens is 2. The average molecular weight is 524 g/mol. The van der Waals surface area contributed by atoms with E-state index < -0.39 is 22.0 Å². The van der Waals surface area contributed by atoms with Crippen molar-refractivity contribution in [3.63, 3.8) is 0 Å². The molecular weight excluding hydrogens is 504 g/mol. The lowest BCUT2D eigenvalue weighted by Crippen LogP contribution is -2.13. The Morgan fingerprint density at radius 3 is 1.52 bits per heavy atom. The van der Waals surface area contributed by atoms with Gasteiger partial charge in [-0.3, -0.25) is 0 Å². The van der Waals surface area contributed by atoms with Crippen LogP contribution < -0.4 is 9.47 Å². The molecule has 148 valence electrons. The normalized spacial score (nSPS) is 13.9. The minimum absolute atomic E-state index is 0.100. The van der Waals surface area contributed by atoms with Gasteiger partial charge < -0.3 is 19.7 Å². The van der Waals surface area contributed by atoms with E-state index in [9.17, 15) is 18.6 Å². The van der Waals surface area contributed by atoms with Crippen LogP contribution >= 0.6 is 31.9 Å². The number of rotatable bonds is 8. The first-order chi connectivity index (χ1) is 12.6. The third-order valence-electron chi connectivity index (χ3n) is 3.39. The van der Waals surface area contributed by atoms with E-state index in [0.29, 0.717) is 20.4 Å². The Morgan fingerprint density at radius 1 is 0.852 bits per heavy atom. The molecule has 2 rings (SSSR count). The minimum atomic E-state index is -3.75. The quantitative estimate of drug-likeness (QED) is 0.549. The van der Waals surface area contributed by atoms with Crippen molar-refractivity contribution in [2.75, 3.05) is 13.2 Å². The lowest BCUT2D eigenvalue weighted by molar-refractivity contribution is 0.122. The Hall–Kier alpha value is -1.13. The van der Waals surface area contributed by atoms with Gasteiger partial charge in [0.25, 0.3) is 0 Å². The molecule has 0 spiro atoms. The largest absolute Gasteiger partial charge is 0.490 e. The van der Waals surface area contributed by atoms with Gasteiger partial charge in [0.1, 0.15) is 24.7 Å². The third-order valence-corrected chi connectivity index (χ3v) is 6.38. The molecule has 0 saturated heterocycles. The molecule has 0 aliphatic rings. The molecule has 0 heterocycles. The maximum atomic E-state index is 12.9. The highest BCUT2D eigenvalue weighted by Gasteiger charge is 2.21. The Kier molecular flexibility index (Phi) is 7.70. The van der Waals surface area contributed by atoms with Gasteiger partial charge >= 0.3 is 0 Å². The second-order valence-electron chi connectivity index (χ2n) is 6.01. The topological polar surface area (TPSA) is 93.1 Å². The number of ether oxygens (including phenoxy) is 2. The Balaban J connectivity index is 2.27. The standard InChI is InChI=1S/C18H20Br2O6S/c1-11(21)9-25-17-5-3-13(7-15(17)19)27(23,24)14-4-6-18(16(20)8-14)26-10-12(2)22/h3-8,11-12,21-22H,9-10H2,1-2H3. The first kappa shape index (κ1) is 22.2. The molecule has 2 aromatic rings. The van der Waals surface area contributed by atoms with E-state index in [-0.39, 0.29) is 23.0 Å². The summed E-state index contributed by atoms with van der Waals surface area (Å²) in [6.07, 6.45) is -1.26. The van der Waals surface area contributed by atoms with Gasteiger partial charge in [-0.2, -0.15) is 0 Å². The summed E-state index contributed by atoms with van der Waals surface area (Å²) in [4.78, 5) is 0.201. The van der Waals surface area contributed by atoms with Gasteiger partial charge in [-0.25, -0.2) is 8.42 Å². The molecule has 9 heteroatoms. The molecule has 0 aromatic heterocycles. The lowest BCUT2D eigenvalue weighted by Gasteiger charge is -2.13. The number of sulfone groups is 1. The van der Waals surface area contributed by atoms with E-state index in [2.05, 4.69) is 31.9 Å². The molecule has 2 N–H and O–H groups in total. The number of aliphatic hydroxyl groups excluding tert-OH is 2. The van der Waals surface area contributed by atoms with Crippen molar-refractivity contribution in [3.05, 3.63) is 45.3 Å². The highest BCUT2D eigenvalue weighted by atomic mass is 79.9. The molecule has 6 nitrogen and oxygen atoms in total. The van der Waals surface area contributed by atoms with Crippen molar-refractivity contribution >= 4 is 41.7 Å². The van der Waals surface area contributed by atoms with Crippen molar-refractivity contribution in [2.45, 2.75) is 35.8 Å². The first-order valence-corrected chi connectivity index (χ1v) is 11.1. The molecular formula is C18H20Br2O6S. The van der Waals surface area contributed by atoms with E-state index in [0.717, 1.165) is 0 Å². The number of hydrogen-bond donors (Lipinski definition) is 2. The third kappa shape index (κ3) is 5.92. The summed E-state index contributed by atoms with van der Waals surface area (Å²) in [6, 6.07) is 8.88.